The first-order valence-corrected chi connectivity index (χ1v) is 7.99. The summed E-state index contributed by atoms with van der Waals surface area (Å²) >= 11 is 0. The number of ether oxygens (including phenoxy) is 2. The second-order valence-corrected chi connectivity index (χ2v) is 5.77. The van der Waals surface area contributed by atoms with Crippen LogP contribution >= 0.6 is 0 Å². The Morgan fingerprint density at radius 3 is 2.04 bits per heavy atom. The Labute approximate surface area is 144 Å². The van der Waals surface area contributed by atoms with Gasteiger partial charge in [0.1, 0.15) is 11.5 Å². The fourth-order valence-electron chi connectivity index (χ4n) is 3.18. The molecule has 0 fully saturated rings. The molecule has 25 heavy (non-hydrogen) atoms. The maximum absolute atomic E-state index is 13.3. The van der Waals surface area contributed by atoms with Gasteiger partial charge in [-0.05, 0) is 47.9 Å². The Bertz CT molecular complexity index is 1130. The number of methoxy groups -OCH3 is 2. The molecule has 4 heteroatoms. The number of rotatable bonds is 3. The summed E-state index contributed by atoms with van der Waals surface area (Å²) in [5.74, 6) is 1.38. The predicted molar refractivity (Wildman–Crippen MR) is 100 cm³/mol. The van der Waals surface area contributed by atoms with E-state index in [1.165, 1.54) is 0 Å². The number of aromatic nitrogens is 1. The number of hydrogen-bond donors (Lipinski definition) is 0. The van der Waals surface area contributed by atoms with Gasteiger partial charge < -0.3 is 9.47 Å². The molecule has 3 aromatic carbocycles. The van der Waals surface area contributed by atoms with Crippen LogP contribution in [0.15, 0.2) is 71.5 Å². The van der Waals surface area contributed by atoms with Gasteiger partial charge in [0.2, 0.25) is 0 Å². The Morgan fingerprint density at radius 2 is 1.36 bits per heavy atom. The number of hydrogen-bond acceptors (Lipinski definition) is 3. The average Bonchev–Trinajstić information content (AvgIpc) is 2.68. The maximum atomic E-state index is 13.3. The van der Waals surface area contributed by atoms with Gasteiger partial charge in [0.25, 0.3) is 5.56 Å². The molecule has 4 nitrogen and oxygen atoms in total. The van der Waals surface area contributed by atoms with E-state index in [2.05, 4.69) is 0 Å². The topological polar surface area (TPSA) is 40.5 Å². The highest BCUT2D eigenvalue weighted by molar-refractivity contribution is 6.06. The monoisotopic (exact) mass is 331 g/mol. The largest absolute Gasteiger partial charge is 0.497 e. The third-order valence-corrected chi connectivity index (χ3v) is 4.41. The molecule has 4 aromatic rings. The van der Waals surface area contributed by atoms with Gasteiger partial charge in [-0.2, -0.15) is 0 Å². The van der Waals surface area contributed by atoms with Crippen molar-refractivity contribution in [1.82, 2.24) is 4.57 Å². The van der Waals surface area contributed by atoms with Crippen LogP contribution in [0.25, 0.3) is 27.4 Å². The van der Waals surface area contributed by atoms with Crippen molar-refractivity contribution < 1.29 is 9.47 Å². The summed E-state index contributed by atoms with van der Waals surface area (Å²) in [5, 5.41) is 2.51. The first kappa shape index (κ1) is 15.3. The molecule has 0 aliphatic rings. The third kappa shape index (κ3) is 2.43. The predicted octanol–water partition coefficient (Wildman–Crippen LogP) is 4.16. The number of pyridine rings is 1. The first-order chi connectivity index (χ1) is 12.2. The number of fused-ring (bicyclic) bond motifs is 3. The quantitative estimate of drug-likeness (QED) is 0.529. The van der Waals surface area contributed by atoms with E-state index in [0.29, 0.717) is 16.9 Å². The highest BCUT2D eigenvalue weighted by atomic mass is 16.5. The Morgan fingerprint density at radius 1 is 0.720 bits per heavy atom. The summed E-state index contributed by atoms with van der Waals surface area (Å²) in [6.45, 7) is 0. The van der Waals surface area contributed by atoms with Crippen LogP contribution in [0.2, 0.25) is 0 Å². The van der Waals surface area contributed by atoms with Gasteiger partial charge in [-0.25, -0.2) is 0 Å². The molecular weight excluding hydrogens is 314 g/mol. The summed E-state index contributed by atoms with van der Waals surface area (Å²) in [6, 6.07) is 21.0. The van der Waals surface area contributed by atoms with Gasteiger partial charge in [-0.3, -0.25) is 9.36 Å². The van der Waals surface area contributed by atoms with Gasteiger partial charge >= 0.3 is 0 Å². The zero-order valence-corrected chi connectivity index (χ0v) is 14.0. The Hall–Kier alpha value is -3.27. The zero-order valence-electron chi connectivity index (χ0n) is 14.0. The van der Waals surface area contributed by atoms with Crippen LogP contribution in [-0.4, -0.2) is 18.8 Å². The van der Waals surface area contributed by atoms with E-state index >= 15 is 0 Å². The van der Waals surface area contributed by atoms with Crippen molar-refractivity contribution in [3.63, 3.8) is 0 Å². The molecule has 0 atom stereocenters. The molecule has 0 saturated heterocycles. The molecule has 0 amide bonds. The van der Waals surface area contributed by atoms with E-state index < -0.39 is 0 Å². The van der Waals surface area contributed by atoms with E-state index in [4.69, 9.17) is 9.47 Å². The third-order valence-electron chi connectivity index (χ3n) is 4.41. The molecule has 4 rings (SSSR count). The lowest BCUT2D eigenvalue weighted by Gasteiger charge is -2.15. The lowest BCUT2D eigenvalue weighted by Crippen LogP contribution is -2.19. The summed E-state index contributed by atoms with van der Waals surface area (Å²) in [7, 11) is 3.22. The summed E-state index contributed by atoms with van der Waals surface area (Å²) < 4.78 is 12.4. The smallest absolute Gasteiger partial charge is 0.263 e. The van der Waals surface area contributed by atoms with E-state index in [-0.39, 0.29) is 5.56 Å². The van der Waals surface area contributed by atoms with Crippen molar-refractivity contribution >= 4 is 21.7 Å². The van der Waals surface area contributed by atoms with Crippen molar-refractivity contribution in [2.24, 2.45) is 0 Å². The Kier molecular flexibility index (Phi) is 3.65. The molecule has 0 bridgehead atoms. The molecule has 0 aliphatic carbocycles. The molecule has 0 spiro atoms. The fraction of sp³-hybridized carbons (Fsp3) is 0.0952. The molecule has 1 aromatic heterocycles. The van der Waals surface area contributed by atoms with Gasteiger partial charge in [0, 0.05) is 17.1 Å². The molecule has 1 heterocycles. The minimum atomic E-state index is -0.0825. The molecule has 0 unspecified atom stereocenters. The number of benzene rings is 3. The van der Waals surface area contributed by atoms with E-state index in [0.717, 1.165) is 22.0 Å². The van der Waals surface area contributed by atoms with Crippen LogP contribution in [-0.2, 0) is 0 Å². The van der Waals surface area contributed by atoms with Crippen LogP contribution in [0, 0.1) is 0 Å². The van der Waals surface area contributed by atoms with Gasteiger partial charge in [0.05, 0.1) is 25.1 Å². The van der Waals surface area contributed by atoms with Gasteiger partial charge in [-0.1, -0.05) is 18.2 Å². The Balaban J connectivity index is 2.22. The van der Waals surface area contributed by atoms with Gasteiger partial charge in [-0.15, -0.1) is 0 Å². The maximum Gasteiger partial charge on any atom is 0.263 e. The number of nitrogens with zero attached hydrogens (tertiary/aromatic N) is 1. The average molecular weight is 331 g/mol. The zero-order chi connectivity index (χ0) is 17.4. The second-order valence-electron chi connectivity index (χ2n) is 5.77. The van der Waals surface area contributed by atoms with Crippen LogP contribution in [0.4, 0.5) is 0 Å². The highest BCUT2D eigenvalue weighted by Crippen LogP contribution is 2.29. The van der Waals surface area contributed by atoms with Crippen LogP contribution in [0.5, 0.6) is 11.5 Å². The number of para-hydroxylation sites is 1. The summed E-state index contributed by atoms with van der Waals surface area (Å²) in [6.07, 6.45) is 0. The SMILES string of the molecule is COc1ccc2c(c1)c(=O)n(-c1ccccc1)c1cc(OC)ccc21. The second kappa shape index (κ2) is 5.98. The van der Waals surface area contributed by atoms with Crippen molar-refractivity contribution in [1.29, 1.82) is 0 Å². The molecule has 0 radical (unpaired) electrons. The van der Waals surface area contributed by atoms with Crippen molar-refractivity contribution in [2.45, 2.75) is 0 Å². The van der Waals surface area contributed by atoms with Crippen molar-refractivity contribution in [2.75, 3.05) is 14.2 Å². The van der Waals surface area contributed by atoms with Crippen LogP contribution in [0.1, 0.15) is 0 Å². The highest BCUT2D eigenvalue weighted by Gasteiger charge is 2.13. The standard InChI is InChI=1S/C21H17NO3/c1-24-15-8-10-17-18-11-9-16(25-2)13-20(18)22(21(23)19(17)12-15)14-6-4-3-5-7-14/h3-13H,1-2H3. The van der Waals surface area contributed by atoms with E-state index in [1.54, 1.807) is 24.9 Å². The normalized spacial score (nSPS) is 11.0. The molecule has 124 valence electrons. The lowest BCUT2D eigenvalue weighted by molar-refractivity contribution is 0.415. The molecule has 0 saturated carbocycles. The van der Waals surface area contributed by atoms with Crippen molar-refractivity contribution in [3.05, 3.63) is 77.1 Å². The minimum Gasteiger partial charge on any atom is -0.497 e. The lowest BCUT2D eigenvalue weighted by atomic mass is 10.0. The summed E-state index contributed by atoms with van der Waals surface area (Å²) in [5.41, 5.74) is 1.55. The van der Waals surface area contributed by atoms with E-state index in [9.17, 15) is 4.79 Å². The molecular formula is C21H17NO3. The minimum absolute atomic E-state index is 0.0825. The molecule has 0 N–H and O–H groups in total. The first-order valence-electron chi connectivity index (χ1n) is 7.99. The van der Waals surface area contributed by atoms with Crippen LogP contribution < -0.4 is 15.0 Å². The van der Waals surface area contributed by atoms with E-state index in [1.807, 2.05) is 60.7 Å². The van der Waals surface area contributed by atoms with Crippen LogP contribution in [0.3, 0.4) is 0 Å². The van der Waals surface area contributed by atoms with Gasteiger partial charge in [0.15, 0.2) is 0 Å². The van der Waals surface area contributed by atoms with Crippen molar-refractivity contribution in [3.8, 4) is 17.2 Å². The summed E-state index contributed by atoms with van der Waals surface area (Å²) in [4.78, 5) is 13.3. The molecule has 0 aliphatic heterocycles. The fourth-order valence-corrected chi connectivity index (χ4v) is 3.18.